The van der Waals surface area contributed by atoms with Gasteiger partial charge in [0.15, 0.2) is 0 Å². The molecular weight excluding hydrogens is 316 g/mol. The summed E-state index contributed by atoms with van der Waals surface area (Å²) in [5.41, 5.74) is 2.19. The van der Waals surface area contributed by atoms with Crippen LogP contribution in [0.15, 0.2) is 36.9 Å². The molecule has 0 atom stereocenters. The number of benzene rings is 1. The van der Waals surface area contributed by atoms with E-state index >= 15 is 0 Å². The molecule has 1 N–H and O–H groups in total. The van der Waals surface area contributed by atoms with Crippen LogP contribution in [-0.4, -0.2) is 45.9 Å². The Labute approximate surface area is 147 Å². The number of imidazole rings is 1. The summed E-state index contributed by atoms with van der Waals surface area (Å²) in [5.74, 6) is 0.877. The van der Waals surface area contributed by atoms with Crippen molar-refractivity contribution in [1.29, 1.82) is 0 Å². The first-order valence-electron chi connectivity index (χ1n) is 8.71. The lowest BCUT2D eigenvalue weighted by Crippen LogP contribution is -2.40. The predicted octanol–water partition coefficient (Wildman–Crippen LogP) is 2.20. The molecule has 1 aromatic carbocycles. The van der Waals surface area contributed by atoms with E-state index in [1.54, 1.807) is 0 Å². The molecule has 2 amide bonds. The van der Waals surface area contributed by atoms with Gasteiger partial charge in [-0.15, -0.1) is 0 Å². The number of para-hydroxylation sites is 2. The van der Waals surface area contributed by atoms with Crippen molar-refractivity contribution in [1.82, 2.24) is 19.8 Å². The van der Waals surface area contributed by atoms with Crippen molar-refractivity contribution in [3.8, 4) is 0 Å². The molecule has 0 bridgehead atoms. The molecular formula is C19H24N4O2. The lowest BCUT2D eigenvalue weighted by atomic mass is 10.0. The van der Waals surface area contributed by atoms with E-state index < -0.39 is 0 Å². The second kappa shape index (κ2) is 7.51. The van der Waals surface area contributed by atoms with Gasteiger partial charge >= 0.3 is 0 Å². The van der Waals surface area contributed by atoms with Crippen LogP contribution in [0.5, 0.6) is 0 Å². The molecule has 1 aliphatic rings. The van der Waals surface area contributed by atoms with Crippen LogP contribution >= 0.6 is 0 Å². The van der Waals surface area contributed by atoms with Gasteiger partial charge in [-0.2, -0.15) is 0 Å². The van der Waals surface area contributed by atoms with Crippen LogP contribution in [0.1, 0.15) is 31.1 Å². The zero-order chi connectivity index (χ0) is 17.8. The molecule has 6 heteroatoms. The summed E-state index contributed by atoms with van der Waals surface area (Å²) in [5, 5.41) is 2.64. The molecule has 0 saturated carbocycles. The molecule has 1 aliphatic heterocycles. The Morgan fingerprint density at radius 1 is 1.32 bits per heavy atom. The SMILES string of the molecule is C=CC(=O)NCCC(=O)N1CCC(n2c(C)nc3ccccc32)CC1. The Morgan fingerprint density at radius 3 is 2.76 bits per heavy atom. The van der Waals surface area contributed by atoms with Crippen molar-refractivity contribution in [3.05, 3.63) is 42.7 Å². The van der Waals surface area contributed by atoms with E-state index in [4.69, 9.17) is 0 Å². The average molecular weight is 340 g/mol. The fraction of sp³-hybridized carbons (Fsp3) is 0.421. The number of hydrogen-bond acceptors (Lipinski definition) is 3. The van der Waals surface area contributed by atoms with E-state index in [2.05, 4.69) is 27.5 Å². The fourth-order valence-electron chi connectivity index (χ4n) is 3.52. The highest BCUT2D eigenvalue weighted by molar-refractivity contribution is 5.87. The highest BCUT2D eigenvalue weighted by Gasteiger charge is 2.25. The van der Waals surface area contributed by atoms with E-state index in [1.807, 2.05) is 30.0 Å². The van der Waals surface area contributed by atoms with Gasteiger partial charge in [0.25, 0.3) is 0 Å². The van der Waals surface area contributed by atoms with Gasteiger partial charge in [-0.1, -0.05) is 18.7 Å². The Morgan fingerprint density at radius 2 is 2.04 bits per heavy atom. The summed E-state index contributed by atoms with van der Waals surface area (Å²) >= 11 is 0. The first kappa shape index (κ1) is 17.2. The maximum Gasteiger partial charge on any atom is 0.243 e. The molecule has 0 spiro atoms. The third-order valence-corrected chi connectivity index (χ3v) is 4.78. The molecule has 132 valence electrons. The van der Waals surface area contributed by atoms with Gasteiger partial charge in [0.2, 0.25) is 11.8 Å². The van der Waals surface area contributed by atoms with Crippen LogP contribution in [0.3, 0.4) is 0 Å². The third kappa shape index (κ3) is 3.73. The lowest BCUT2D eigenvalue weighted by molar-refractivity contribution is -0.132. The number of amides is 2. The number of aryl methyl sites for hydroxylation is 1. The Balaban J connectivity index is 1.58. The van der Waals surface area contributed by atoms with Gasteiger partial charge in [0.1, 0.15) is 5.82 Å². The van der Waals surface area contributed by atoms with E-state index in [0.29, 0.717) is 19.0 Å². The van der Waals surface area contributed by atoms with Crippen molar-refractivity contribution in [2.75, 3.05) is 19.6 Å². The second-order valence-corrected chi connectivity index (χ2v) is 6.37. The molecule has 25 heavy (non-hydrogen) atoms. The van der Waals surface area contributed by atoms with Gasteiger partial charge < -0.3 is 14.8 Å². The third-order valence-electron chi connectivity index (χ3n) is 4.78. The van der Waals surface area contributed by atoms with Gasteiger partial charge in [0, 0.05) is 32.1 Å². The highest BCUT2D eigenvalue weighted by Crippen LogP contribution is 2.28. The molecule has 1 saturated heterocycles. The molecule has 3 rings (SSSR count). The number of rotatable bonds is 5. The number of likely N-dealkylation sites (tertiary alicyclic amines) is 1. The normalized spacial score (nSPS) is 15.3. The quantitative estimate of drug-likeness (QED) is 0.849. The monoisotopic (exact) mass is 340 g/mol. The minimum absolute atomic E-state index is 0.0926. The standard InChI is InChI=1S/C19H24N4O2/c1-3-18(24)20-11-8-19(25)22-12-9-15(10-13-22)23-14(2)21-16-6-4-5-7-17(16)23/h3-7,15H,1,8-13H2,2H3,(H,20,24). The van der Waals surface area contributed by atoms with Crippen molar-refractivity contribution in [3.63, 3.8) is 0 Å². The van der Waals surface area contributed by atoms with Crippen molar-refractivity contribution < 1.29 is 9.59 Å². The topological polar surface area (TPSA) is 67.2 Å². The number of carbonyl (C=O) groups is 2. The number of nitrogens with zero attached hydrogens (tertiary/aromatic N) is 3. The second-order valence-electron chi connectivity index (χ2n) is 6.37. The predicted molar refractivity (Wildman–Crippen MR) is 97.1 cm³/mol. The number of piperidine rings is 1. The molecule has 0 aliphatic carbocycles. The summed E-state index contributed by atoms with van der Waals surface area (Å²) in [6.07, 6.45) is 3.39. The molecule has 2 heterocycles. The first-order chi connectivity index (χ1) is 12.1. The zero-order valence-corrected chi connectivity index (χ0v) is 14.6. The fourth-order valence-corrected chi connectivity index (χ4v) is 3.52. The van der Waals surface area contributed by atoms with E-state index in [-0.39, 0.29) is 11.8 Å². The number of carbonyl (C=O) groups excluding carboxylic acids is 2. The number of aromatic nitrogens is 2. The minimum Gasteiger partial charge on any atom is -0.352 e. The van der Waals surface area contributed by atoms with Crippen LogP contribution in [0.4, 0.5) is 0 Å². The largest absolute Gasteiger partial charge is 0.352 e. The van der Waals surface area contributed by atoms with E-state index in [9.17, 15) is 9.59 Å². The highest BCUT2D eigenvalue weighted by atomic mass is 16.2. The summed E-state index contributed by atoms with van der Waals surface area (Å²) in [6, 6.07) is 8.56. The summed E-state index contributed by atoms with van der Waals surface area (Å²) in [6.45, 7) is 7.27. The van der Waals surface area contributed by atoms with Gasteiger partial charge in [0.05, 0.1) is 11.0 Å². The van der Waals surface area contributed by atoms with Gasteiger partial charge in [-0.25, -0.2) is 4.98 Å². The van der Waals surface area contributed by atoms with Crippen LogP contribution in [-0.2, 0) is 9.59 Å². The summed E-state index contributed by atoms with van der Waals surface area (Å²) in [7, 11) is 0. The number of hydrogen-bond donors (Lipinski definition) is 1. The summed E-state index contributed by atoms with van der Waals surface area (Å²) in [4.78, 5) is 29.9. The Kier molecular flexibility index (Phi) is 5.16. The van der Waals surface area contributed by atoms with Gasteiger partial charge in [-0.3, -0.25) is 9.59 Å². The van der Waals surface area contributed by atoms with Crippen LogP contribution in [0.25, 0.3) is 11.0 Å². The molecule has 1 fully saturated rings. The maximum absolute atomic E-state index is 12.3. The number of nitrogens with one attached hydrogen (secondary N) is 1. The minimum atomic E-state index is -0.242. The lowest BCUT2D eigenvalue weighted by Gasteiger charge is -2.33. The Hall–Kier alpha value is -2.63. The smallest absolute Gasteiger partial charge is 0.243 e. The Bertz CT molecular complexity index is 788. The molecule has 1 aromatic heterocycles. The van der Waals surface area contributed by atoms with Crippen LogP contribution in [0.2, 0.25) is 0 Å². The van der Waals surface area contributed by atoms with Crippen LogP contribution < -0.4 is 5.32 Å². The number of fused-ring (bicyclic) bond motifs is 1. The van der Waals surface area contributed by atoms with Crippen LogP contribution in [0, 0.1) is 6.92 Å². The summed E-state index contributed by atoms with van der Waals surface area (Å²) < 4.78 is 2.31. The average Bonchev–Trinajstić information content (AvgIpc) is 2.97. The molecule has 2 aromatic rings. The molecule has 0 unspecified atom stereocenters. The van der Waals surface area contributed by atoms with Crippen molar-refractivity contribution in [2.24, 2.45) is 0 Å². The van der Waals surface area contributed by atoms with Crippen molar-refractivity contribution in [2.45, 2.75) is 32.2 Å². The van der Waals surface area contributed by atoms with E-state index in [1.165, 1.54) is 6.08 Å². The zero-order valence-electron chi connectivity index (χ0n) is 14.6. The van der Waals surface area contributed by atoms with Gasteiger partial charge in [-0.05, 0) is 38.0 Å². The molecule has 0 radical (unpaired) electrons. The van der Waals surface area contributed by atoms with E-state index in [0.717, 1.165) is 42.8 Å². The first-order valence-corrected chi connectivity index (χ1v) is 8.71. The maximum atomic E-state index is 12.3. The molecule has 6 nitrogen and oxygen atoms in total. The van der Waals surface area contributed by atoms with Crippen molar-refractivity contribution >= 4 is 22.8 Å².